The molecular formula is C28H34Cl3N9O2. The van der Waals surface area contributed by atoms with Crippen molar-refractivity contribution in [2.24, 2.45) is 5.73 Å². The van der Waals surface area contributed by atoms with Crippen LogP contribution in [0, 0.1) is 0 Å². The number of nitrogens with two attached hydrogens (primary N) is 1. The SMILES string of the molecule is C=C(Cl)/C=C(\C)N.CC(C)(O)c1cnn(-c2ncc(NC=O)cc2Cl)n1.CC1CC(C)(C)c2c1cnc1cc(Cl)nn21. The van der Waals surface area contributed by atoms with Crippen LogP contribution in [0.2, 0.25) is 10.2 Å². The number of carbonyl (C=O) groups is 1. The number of pyridine rings is 1. The molecule has 0 bridgehead atoms. The normalized spacial score (nSPS) is 15.7. The van der Waals surface area contributed by atoms with Crippen LogP contribution in [0.3, 0.4) is 0 Å². The topological polar surface area (TPSA) is 149 Å². The van der Waals surface area contributed by atoms with Crippen LogP contribution in [0.1, 0.15) is 70.8 Å². The summed E-state index contributed by atoms with van der Waals surface area (Å²) in [6.07, 6.45) is 8.12. The van der Waals surface area contributed by atoms with Gasteiger partial charge in [-0.25, -0.2) is 14.5 Å². The van der Waals surface area contributed by atoms with Crippen LogP contribution in [0.15, 0.2) is 54.1 Å². The van der Waals surface area contributed by atoms with E-state index < -0.39 is 5.60 Å². The zero-order valence-corrected chi connectivity index (χ0v) is 26.5. The fraction of sp³-hybridized carbons (Fsp3) is 0.357. The molecule has 4 aromatic heterocycles. The Bertz CT molecular complexity index is 1620. The number of amides is 1. The highest BCUT2D eigenvalue weighted by Crippen LogP contribution is 2.45. The van der Waals surface area contributed by atoms with Gasteiger partial charge in [-0.3, -0.25) is 4.79 Å². The molecule has 1 aliphatic rings. The molecule has 0 fully saturated rings. The molecule has 4 aromatic rings. The van der Waals surface area contributed by atoms with Gasteiger partial charge in [0.15, 0.2) is 16.6 Å². The highest BCUT2D eigenvalue weighted by molar-refractivity contribution is 6.32. The predicted molar refractivity (Wildman–Crippen MR) is 166 cm³/mol. The third kappa shape index (κ3) is 8.07. The molecule has 11 nitrogen and oxygen atoms in total. The van der Waals surface area contributed by atoms with Gasteiger partial charge in [0.25, 0.3) is 0 Å². The van der Waals surface area contributed by atoms with E-state index in [1.165, 1.54) is 34.5 Å². The van der Waals surface area contributed by atoms with Gasteiger partial charge in [-0.15, -0.1) is 9.90 Å². The average molecular weight is 635 g/mol. The lowest BCUT2D eigenvalue weighted by Crippen LogP contribution is -2.17. The number of halogens is 3. The molecule has 0 saturated heterocycles. The van der Waals surface area contributed by atoms with Crippen molar-refractivity contribution in [1.82, 2.24) is 34.6 Å². The molecule has 1 atom stereocenters. The zero-order valence-electron chi connectivity index (χ0n) is 24.2. The molecule has 0 radical (unpaired) electrons. The molecule has 4 heterocycles. The van der Waals surface area contributed by atoms with Gasteiger partial charge < -0.3 is 16.2 Å². The molecule has 1 amide bonds. The maximum Gasteiger partial charge on any atom is 0.211 e. The Labute approximate surface area is 259 Å². The van der Waals surface area contributed by atoms with Crippen LogP contribution in [-0.2, 0) is 15.8 Å². The third-order valence-corrected chi connectivity index (χ3v) is 6.78. The van der Waals surface area contributed by atoms with Gasteiger partial charge in [0.1, 0.15) is 11.3 Å². The summed E-state index contributed by atoms with van der Waals surface area (Å²) in [5.41, 5.74) is 9.22. The van der Waals surface area contributed by atoms with Gasteiger partial charge in [0, 0.05) is 28.4 Å². The molecule has 0 saturated carbocycles. The summed E-state index contributed by atoms with van der Waals surface area (Å²) in [6.45, 7) is 15.1. The summed E-state index contributed by atoms with van der Waals surface area (Å²) in [5, 5.41) is 26.0. The number of anilines is 1. The lowest BCUT2D eigenvalue weighted by molar-refractivity contribution is -0.105. The van der Waals surface area contributed by atoms with E-state index in [1.807, 2.05) is 10.7 Å². The monoisotopic (exact) mass is 633 g/mol. The molecular weight excluding hydrogens is 601 g/mol. The predicted octanol–water partition coefficient (Wildman–Crippen LogP) is 5.88. The Kier molecular flexibility index (Phi) is 10.4. The fourth-order valence-corrected chi connectivity index (χ4v) is 5.13. The lowest BCUT2D eigenvalue weighted by atomic mass is 9.89. The first-order valence-corrected chi connectivity index (χ1v) is 14.0. The van der Waals surface area contributed by atoms with Crippen molar-refractivity contribution in [2.45, 2.75) is 64.9 Å². The van der Waals surface area contributed by atoms with Crippen molar-refractivity contribution in [3.8, 4) is 5.82 Å². The maximum atomic E-state index is 10.3. The number of aliphatic hydroxyl groups is 1. The second-order valence-electron chi connectivity index (χ2n) is 11.0. The molecule has 5 rings (SSSR count). The van der Waals surface area contributed by atoms with E-state index in [2.05, 4.69) is 57.9 Å². The van der Waals surface area contributed by atoms with E-state index in [9.17, 15) is 9.90 Å². The summed E-state index contributed by atoms with van der Waals surface area (Å²) >= 11 is 17.3. The number of rotatable bonds is 5. The molecule has 0 aromatic carbocycles. The number of hydrogen-bond acceptors (Lipinski definition) is 8. The summed E-state index contributed by atoms with van der Waals surface area (Å²) in [5.74, 6) is 0.860. The van der Waals surface area contributed by atoms with Gasteiger partial charge >= 0.3 is 0 Å². The Morgan fingerprint density at radius 2 is 1.90 bits per heavy atom. The smallest absolute Gasteiger partial charge is 0.211 e. The number of allylic oxidation sites excluding steroid dienone is 3. The van der Waals surface area contributed by atoms with Crippen LogP contribution in [0.25, 0.3) is 11.5 Å². The van der Waals surface area contributed by atoms with E-state index in [1.54, 1.807) is 32.9 Å². The van der Waals surface area contributed by atoms with E-state index in [-0.39, 0.29) is 10.4 Å². The van der Waals surface area contributed by atoms with Gasteiger partial charge in [-0.2, -0.15) is 10.2 Å². The number of aromatic nitrogens is 7. The Balaban J connectivity index is 0.000000191. The largest absolute Gasteiger partial charge is 0.402 e. The fourth-order valence-electron chi connectivity index (χ4n) is 4.55. The maximum absolute atomic E-state index is 10.3. The highest BCUT2D eigenvalue weighted by Gasteiger charge is 2.37. The van der Waals surface area contributed by atoms with E-state index >= 15 is 0 Å². The summed E-state index contributed by atoms with van der Waals surface area (Å²) in [4.78, 5) is 20.0. The quantitative estimate of drug-likeness (QED) is 0.182. The van der Waals surface area contributed by atoms with Crippen LogP contribution in [0.4, 0.5) is 5.69 Å². The minimum atomic E-state index is -1.09. The van der Waals surface area contributed by atoms with Gasteiger partial charge in [0.2, 0.25) is 6.41 Å². The minimum Gasteiger partial charge on any atom is -0.402 e. The Hall–Kier alpha value is -3.51. The van der Waals surface area contributed by atoms with Crippen LogP contribution < -0.4 is 11.1 Å². The zero-order chi connectivity index (χ0) is 31.4. The first kappa shape index (κ1) is 33.0. The summed E-state index contributed by atoms with van der Waals surface area (Å²) < 4.78 is 1.90. The highest BCUT2D eigenvalue weighted by atomic mass is 35.5. The van der Waals surface area contributed by atoms with Gasteiger partial charge in [-0.05, 0) is 50.8 Å². The summed E-state index contributed by atoms with van der Waals surface area (Å²) in [6, 6.07) is 3.34. The molecule has 1 unspecified atom stereocenters. The number of carbonyl (C=O) groups excluding carboxylic acids is 1. The number of hydrogen-bond donors (Lipinski definition) is 3. The van der Waals surface area contributed by atoms with Crippen LogP contribution >= 0.6 is 34.8 Å². The van der Waals surface area contributed by atoms with Crippen molar-refractivity contribution < 1.29 is 9.90 Å². The minimum absolute atomic E-state index is 0.144. The average Bonchev–Trinajstić information content (AvgIpc) is 3.54. The third-order valence-electron chi connectivity index (χ3n) is 6.21. The van der Waals surface area contributed by atoms with E-state index in [0.29, 0.717) is 45.4 Å². The van der Waals surface area contributed by atoms with E-state index in [0.717, 1.165) is 12.1 Å². The van der Waals surface area contributed by atoms with Crippen LogP contribution in [0.5, 0.6) is 0 Å². The van der Waals surface area contributed by atoms with Gasteiger partial charge in [0.05, 0.1) is 28.8 Å². The van der Waals surface area contributed by atoms with E-state index in [4.69, 9.17) is 40.5 Å². The van der Waals surface area contributed by atoms with Crippen molar-refractivity contribution in [3.63, 3.8) is 0 Å². The Morgan fingerprint density at radius 1 is 1.21 bits per heavy atom. The number of nitrogens with one attached hydrogen (secondary N) is 1. The van der Waals surface area contributed by atoms with Gasteiger partial charge in [-0.1, -0.05) is 62.2 Å². The molecule has 0 aliphatic heterocycles. The van der Waals surface area contributed by atoms with Crippen molar-refractivity contribution in [3.05, 3.63) is 81.2 Å². The molecule has 4 N–H and O–H groups in total. The molecule has 224 valence electrons. The standard InChI is InChI=1S/C12H14ClN3.C11H12ClN5O2.C5H8ClN/c1-7-5-12(2,3)11-8(7)6-14-10-4-9(13)15-16(10)11;1-11(2,19)9-5-15-17(16-9)10-8(12)3-7(4-13-10)14-6-18;1-4(6)3-5(2)7/h4,6-7H,5H2,1-3H3;3-6,19H,1-2H3,(H,14,18);3H,1,7H2,2H3/b;;5-3+. The molecule has 0 spiro atoms. The Morgan fingerprint density at radius 3 is 2.43 bits per heavy atom. The van der Waals surface area contributed by atoms with Crippen molar-refractivity contribution >= 4 is 52.5 Å². The molecule has 1 aliphatic carbocycles. The van der Waals surface area contributed by atoms with Crippen molar-refractivity contribution in [1.29, 1.82) is 0 Å². The molecule has 14 heteroatoms. The lowest BCUT2D eigenvalue weighted by Gasteiger charge is -2.19. The summed E-state index contributed by atoms with van der Waals surface area (Å²) in [7, 11) is 0. The number of nitrogens with zero attached hydrogens (tertiary/aromatic N) is 7. The van der Waals surface area contributed by atoms with Crippen LogP contribution in [-0.4, -0.2) is 46.1 Å². The number of fused-ring (bicyclic) bond motifs is 3. The second kappa shape index (κ2) is 13.2. The first-order chi connectivity index (χ1) is 19.5. The molecule has 42 heavy (non-hydrogen) atoms. The first-order valence-electron chi connectivity index (χ1n) is 12.9. The second-order valence-corrected chi connectivity index (χ2v) is 12.3. The van der Waals surface area contributed by atoms with Crippen molar-refractivity contribution in [2.75, 3.05) is 5.32 Å².